The molecule has 3 saturated carbocycles. The summed E-state index contributed by atoms with van der Waals surface area (Å²) < 4.78 is 2.02. The molecule has 86 valence electrons. The minimum absolute atomic E-state index is 0.0611. The maximum Gasteiger partial charge on any atom is 0.168 e. The Morgan fingerprint density at radius 1 is 1.31 bits per heavy atom. The van der Waals surface area contributed by atoms with Crippen LogP contribution in [0.2, 0.25) is 0 Å². The Morgan fingerprint density at radius 3 is 2.62 bits per heavy atom. The number of nitrogens with zero attached hydrogens (tertiary/aromatic N) is 4. The highest BCUT2D eigenvalue weighted by molar-refractivity contribution is 5.16. The normalized spacial score (nSPS) is 45.8. The van der Waals surface area contributed by atoms with Gasteiger partial charge in [0.05, 0.1) is 12.1 Å². The van der Waals surface area contributed by atoms with Gasteiger partial charge in [0.15, 0.2) is 5.82 Å². The quantitative estimate of drug-likeness (QED) is 0.802. The summed E-state index contributed by atoms with van der Waals surface area (Å²) in [4.78, 5) is 0. The molecule has 3 aliphatic rings. The monoisotopic (exact) mass is 219 g/mol. The molecule has 4 rings (SSSR count). The van der Waals surface area contributed by atoms with Crippen LogP contribution in [0.25, 0.3) is 0 Å². The second-order valence-electron chi connectivity index (χ2n) is 5.75. The minimum atomic E-state index is -0.0611. The third-order valence-electron chi connectivity index (χ3n) is 4.90. The van der Waals surface area contributed by atoms with E-state index in [1.165, 1.54) is 19.3 Å². The number of fused-ring (bicyclic) bond motifs is 5. The van der Waals surface area contributed by atoms with Crippen molar-refractivity contribution in [1.29, 1.82) is 0 Å². The zero-order chi connectivity index (χ0) is 10.9. The summed E-state index contributed by atoms with van der Waals surface area (Å²) in [5, 5.41) is 12.0. The van der Waals surface area contributed by atoms with Crippen molar-refractivity contribution in [1.82, 2.24) is 20.2 Å². The van der Waals surface area contributed by atoms with Crippen molar-refractivity contribution < 1.29 is 0 Å². The van der Waals surface area contributed by atoms with Crippen LogP contribution in [-0.4, -0.2) is 20.2 Å². The lowest BCUT2D eigenvalue weighted by molar-refractivity contribution is 0.411. The maximum atomic E-state index is 5.90. The summed E-state index contributed by atoms with van der Waals surface area (Å²) in [6.07, 6.45) is 4.32. The first-order valence-corrected chi connectivity index (χ1v) is 6.30. The van der Waals surface area contributed by atoms with Crippen molar-refractivity contribution in [3.63, 3.8) is 0 Å². The smallest absolute Gasteiger partial charge is 0.168 e. The number of aromatic nitrogens is 4. The topological polar surface area (TPSA) is 69.6 Å². The molecule has 0 aromatic carbocycles. The van der Waals surface area contributed by atoms with E-state index in [9.17, 15) is 0 Å². The summed E-state index contributed by atoms with van der Waals surface area (Å²) in [5.41, 5.74) is 5.90. The molecule has 1 aromatic rings. The first-order valence-electron chi connectivity index (χ1n) is 6.30. The fourth-order valence-electron chi connectivity index (χ4n) is 4.32. The van der Waals surface area contributed by atoms with Crippen molar-refractivity contribution in [2.75, 3.05) is 0 Å². The van der Waals surface area contributed by atoms with Gasteiger partial charge in [-0.15, -0.1) is 5.10 Å². The third kappa shape index (κ3) is 0.973. The van der Waals surface area contributed by atoms with Gasteiger partial charge in [-0.25, -0.2) is 4.68 Å². The summed E-state index contributed by atoms with van der Waals surface area (Å²) in [7, 11) is 0. The largest absolute Gasteiger partial charge is 0.322 e. The van der Waals surface area contributed by atoms with E-state index in [1.54, 1.807) is 0 Å². The molecule has 3 aliphatic carbocycles. The fourth-order valence-corrected chi connectivity index (χ4v) is 4.32. The van der Waals surface area contributed by atoms with E-state index in [1.807, 2.05) is 11.6 Å². The Hall–Kier alpha value is -0.970. The molecule has 1 heterocycles. The molecule has 5 nitrogen and oxygen atoms in total. The molecule has 2 N–H and O–H groups in total. The van der Waals surface area contributed by atoms with Gasteiger partial charge in [0.1, 0.15) is 0 Å². The fraction of sp³-hybridized carbons (Fsp3) is 0.909. The predicted octanol–water partition coefficient (Wildman–Crippen LogP) is 0.910. The maximum absolute atomic E-state index is 5.90. The molecule has 5 unspecified atom stereocenters. The molecular formula is C11H17N5. The average molecular weight is 219 g/mol. The van der Waals surface area contributed by atoms with Crippen LogP contribution in [-0.2, 0) is 0 Å². The second kappa shape index (κ2) is 2.83. The lowest BCUT2D eigenvalue weighted by Crippen LogP contribution is -2.16. The average Bonchev–Trinajstić information content (AvgIpc) is 2.74. The number of hydrogen-bond acceptors (Lipinski definition) is 4. The highest BCUT2D eigenvalue weighted by Gasteiger charge is 2.66. The number of nitrogens with two attached hydrogens (primary N) is 1. The van der Waals surface area contributed by atoms with Gasteiger partial charge in [0.2, 0.25) is 0 Å². The molecule has 5 atom stereocenters. The molecule has 5 heteroatoms. The van der Waals surface area contributed by atoms with E-state index in [0.29, 0.717) is 6.04 Å². The van der Waals surface area contributed by atoms with Gasteiger partial charge >= 0.3 is 0 Å². The Kier molecular flexibility index (Phi) is 1.61. The van der Waals surface area contributed by atoms with E-state index < -0.39 is 0 Å². The summed E-state index contributed by atoms with van der Waals surface area (Å²) in [6.45, 7) is 1.95. The van der Waals surface area contributed by atoms with E-state index in [2.05, 4.69) is 15.5 Å². The number of tetrazole rings is 1. The predicted molar refractivity (Wildman–Crippen MR) is 57.3 cm³/mol. The summed E-state index contributed by atoms with van der Waals surface area (Å²) in [5.74, 6) is 4.48. The standard InChI is InChI=1S/C11H17N5/c1-5(12)11-13-14-15-16(11)10-8-6-2-3-7(4-6)9(8)10/h5-10H,2-4,12H2,1H3. The highest BCUT2D eigenvalue weighted by Crippen LogP contribution is 2.71. The van der Waals surface area contributed by atoms with Crippen LogP contribution in [0.1, 0.15) is 44.1 Å². The SMILES string of the molecule is CC(N)c1nnnn1C1C2C3CCC(C3)C21. The van der Waals surface area contributed by atoms with Crippen molar-refractivity contribution in [3.05, 3.63) is 5.82 Å². The summed E-state index contributed by atoms with van der Waals surface area (Å²) >= 11 is 0. The highest BCUT2D eigenvalue weighted by atomic mass is 15.6. The van der Waals surface area contributed by atoms with E-state index in [-0.39, 0.29) is 6.04 Å². The molecule has 3 fully saturated rings. The van der Waals surface area contributed by atoms with E-state index in [0.717, 1.165) is 29.5 Å². The van der Waals surface area contributed by atoms with Crippen molar-refractivity contribution in [3.8, 4) is 0 Å². The van der Waals surface area contributed by atoms with Gasteiger partial charge in [-0.1, -0.05) is 0 Å². The zero-order valence-electron chi connectivity index (χ0n) is 9.45. The van der Waals surface area contributed by atoms with Crippen LogP contribution in [0, 0.1) is 23.7 Å². The van der Waals surface area contributed by atoms with Crippen LogP contribution in [0.4, 0.5) is 0 Å². The second-order valence-corrected chi connectivity index (χ2v) is 5.75. The Bertz CT molecular complexity index is 410. The van der Waals surface area contributed by atoms with Crippen molar-refractivity contribution in [2.24, 2.45) is 29.4 Å². The van der Waals surface area contributed by atoms with Crippen molar-refractivity contribution >= 4 is 0 Å². The molecule has 0 saturated heterocycles. The zero-order valence-corrected chi connectivity index (χ0v) is 9.45. The van der Waals surface area contributed by atoms with Crippen molar-refractivity contribution in [2.45, 2.75) is 38.3 Å². The number of rotatable bonds is 2. The minimum Gasteiger partial charge on any atom is -0.322 e. The Balaban J connectivity index is 1.66. The molecule has 0 aliphatic heterocycles. The van der Waals surface area contributed by atoms with Gasteiger partial charge in [0, 0.05) is 0 Å². The molecule has 0 spiro atoms. The van der Waals surface area contributed by atoms with Crippen LogP contribution < -0.4 is 5.73 Å². The lowest BCUT2D eigenvalue weighted by Gasteiger charge is -2.11. The van der Waals surface area contributed by atoms with E-state index in [4.69, 9.17) is 5.73 Å². The molecule has 0 amide bonds. The molecular weight excluding hydrogens is 202 g/mol. The first-order chi connectivity index (χ1) is 7.77. The van der Waals surface area contributed by atoms with Gasteiger partial charge in [-0.3, -0.25) is 0 Å². The first kappa shape index (κ1) is 9.10. The summed E-state index contributed by atoms with van der Waals surface area (Å²) in [6, 6.07) is 0.510. The Labute approximate surface area is 94.4 Å². The molecule has 1 aromatic heterocycles. The van der Waals surface area contributed by atoms with Crippen LogP contribution >= 0.6 is 0 Å². The molecule has 16 heavy (non-hydrogen) atoms. The lowest BCUT2D eigenvalue weighted by atomic mass is 10.0. The van der Waals surface area contributed by atoms with E-state index >= 15 is 0 Å². The molecule has 2 bridgehead atoms. The molecule has 0 radical (unpaired) electrons. The number of hydrogen-bond donors (Lipinski definition) is 1. The van der Waals surface area contributed by atoms with Gasteiger partial charge in [-0.05, 0) is 60.3 Å². The third-order valence-corrected chi connectivity index (χ3v) is 4.90. The van der Waals surface area contributed by atoms with Gasteiger partial charge < -0.3 is 5.73 Å². The van der Waals surface area contributed by atoms with Gasteiger partial charge in [0.25, 0.3) is 0 Å². The Morgan fingerprint density at radius 2 is 2.00 bits per heavy atom. The van der Waals surface area contributed by atoms with Gasteiger partial charge in [-0.2, -0.15) is 0 Å². The van der Waals surface area contributed by atoms with Crippen LogP contribution in [0.3, 0.4) is 0 Å². The van der Waals surface area contributed by atoms with Crippen LogP contribution in [0.15, 0.2) is 0 Å². The van der Waals surface area contributed by atoms with Crippen LogP contribution in [0.5, 0.6) is 0 Å².